The molecule has 1 aromatic rings. The van der Waals surface area contributed by atoms with E-state index in [0.29, 0.717) is 5.56 Å². The van der Waals surface area contributed by atoms with Crippen molar-refractivity contribution in [2.75, 3.05) is 13.7 Å². The summed E-state index contributed by atoms with van der Waals surface area (Å²) in [6.07, 6.45) is 0.207. The predicted molar refractivity (Wildman–Crippen MR) is 67.6 cm³/mol. The first kappa shape index (κ1) is 15.1. The Labute approximate surface area is 112 Å². The number of sulfonamides is 1. The van der Waals surface area contributed by atoms with E-state index in [4.69, 9.17) is 5.26 Å². The van der Waals surface area contributed by atoms with E-state index in [-0.39, 0.29) is 30.3 Å². The number of hydrogen-bond donors (Lipinski definition) is 1. The van der Waals surface area contributed by atoms with Gasteiger partial charge < -0.3 is 4.74 Å². The van der Waals surface area contributed by atoms with Crippen molar-refractivity contribution in [3.8, 4) is 6.07 Å². The van der Waals surface area contributed by atoms with Crippen LogP contribution in [0.15, 0.2) is 29.2 Å². The van der Waals surface area contributed by atoms with Crippen LogP contribution in [0.1, 0.15) is 12.0 Å². The molecule has 0 fully saturated rings. The van der Waals surface area contributed by atoms with Gasteiger partial charge in [0.15, 0.2) is 0 Å². The van der Waals surface area contributed by atoms with Gasteiger partial charge in [0.2, 0.25) is 10.0 Å². The Hall–Kier alpha value is -1.91. The van der Waals surface area contributed by atoms with E-state index >= 15 is 0 Å². The van der Waals surface area contributed by atoms with Crippen molar-refractivity contribution >= 4 is 16.0 Å². The van der Waals surface area contributed by atoms with Gasteiger partial charge in [-0.3, -0.25) is 4.79 Å². The van der Waals surface area contributed by atoms with Crippen LogP contribution < -0.4 is 4.72 Å². The van der Waals surface area contributed by atoms with Crippen molar-refractivity contribution in [2.24, 2.45) is 0 Å². The molecule has 7 heteroatoms. The van der Waals surface area contributed by atoms with E-state index in [1.165, 1.54) is 19.2 Å². The lowest BCUT2D eigenvalue weighted by Crippen LogP contribution is -2.24. The highest BCUT2D eigenvalue weighted by Crippen LogP contribution is 2.11. The molecule has 0 unspecified atom stereocenters. The van der Waals surface area contributed by atoms with Crippen LogP contribution in [0.4, 0.5) is 0 Å². The maximum atomic E-state index is 11.8. The summed E-state index contributed by atoms with van der Waals surface area (Å²) < 4.78 is 30.4. The van der Waals surface area contributed by atoms with Crippen LogP contribution in [0.5, 0.6) is 0 Å². The second-order valence-corrected chi connectivity index (χ2v) is 5.47. The molecule has 6 nitrogen and oxygen atoms in total. The Bertz CT molecular complexity index is 573. The van der Waals surface area contributed by atoms with Crippen molar-refractivity contribution in [3.05, 3.63) is 29.8 Å². The molecule has 0 aromatic heterocycles. The molecule has 0 saturated heterocycles. The van der Waals surface area contributed by atoms with Gasteiger partial charge in [0, 0.05) is 13.0 Å². The first-order valence-corrected chi connectivity index (χ1v) is 7.00. The zero-order valence-electron chi connectivity index (χ0n) is 10.4. The number of methoxy groups -OCH3 is 1. The standard InChI is InChI=1S/C12H14N2O4S/c1-18-12(15)9-10-3-5-11(6-4-10)19(16,17)14-8-2-7-13/h3-6,14H,2,8-9H2,1H3. The quantitative estimate of drug-likeness (QED) is 0.608. The smallest absolute Gasteiger partial charge is 0.309 e. The fourth-order valence-electron chi connectivity index (χ4n) is 1.35. The summed E-state index contributed by atoms with van der Waals surface area (Å²) in [5.41, 5.74) is 0.669. The Kier molecular flexibility index (Phi) is 5.48. The number of hydrogen-bond acceptors (Lipinski definition) is 5. The van der Waals surface area contributed by atoms with Crippen LogP contribution in [0, 0.1) is 11.3 Å². The van der Waals surface area contributed by atoms with Gasteiger partial charge >= 0.3 is 5.97 Å². The lowest BCUT2D eigenvalue weighted by Gasteiger charge is -2.06. The average molecular weight is 282 g/mol. The van der Waals surface area contributed by atoms with E-state index in [1.54, 1.807) is 12.1 Å². The molecule has 0 bridgehead atoms. The Morgan fingerprint density at radius 1 is 1.37 bits per heavy atom. The summed E-state index contributed by atoms with van der Waals surface area (Å²) in [5, 5.41) is 8.35. The normalized spacial score (nSPS) is 10.7. The zero-order valence-corrected chi connectivity index (χ0v) is 11.2. The summed E-state index contributed by atoms with van der Waals surface area (Å²) >= 11 is 0. The number of benzene rings is 1. The number of nitrogens with zero attached hydrogens (tertiary/aromatic N) is 1. The van der Waals surface area contributed by atoms with E-state index in [1.807, 2.05) is 6.07 Å². The Morgan fingerprint density at radius 2 is 2.00 bits per heavy atom. The third-order valence-electron chi connectivity index (χ3n) is 2.34. The number of carbonyl (C=O) groups is 1. The van der Waals surface area contributed by atoms with Crippen molar-refractivity contribution in [1.82, 2.24) is 4.72 Å². The van der Waals surface area contributed by atoms with Crippen LogP contribution >= 0.6 is 0 Å². The highest BCUT2D eigenvalue weighted by Gasteiger charge is 2.13. The van der Waals surface area contributed by atoms with E-state index < -0.39 is 10.0 Å². The molecule has 0 amide bonds. The van der Waals surface area contributed by atoms with Crippen molar-refractivity contribution in [1.29, 1.82) is 5.26 Å². The molecule has 1 N–H and O–H groups in total. The van der Waals surface area contributed by atoms with Gasteiger partial charge in [-0.2, -0.15) is 5.26 Å². The maximum Gasteiger partial charge on any atom is 0.309 e. The first-order chi connectivity index (χ1) is 8.99. The topological polar surface area (TPSA) is 96.3 Å². The Balaban J connectivity index is 2.75. The third kappa shape index (κ3) is 4.69. The van der Waals surface area contributed by atoms with Gasteiger partial charge in [-0.05, 0) is 17.7 Å². The molecule has 0 spiro atoms. The lowest BCUT2D eigenvalue weighted by atomic mass is 10.2. The van der Waals surface area contributed by atoms with E-state index in [0.717, 1.165) is 0 Å². The molecule has 0 aliphatic heterocycles. The van der Waals surface area contributed by atoms with Gasteiger partial charge in [0.1, 0.15) is 0 Å². The molecule has 19 heavy (non-hydrogen) atoms. The molecule has 0 aliphatic carbocycles. The summed E-state index contributed by atoms with van der Waals surface area (Å²) in [7, 11) is -2.31. The molecular formula is C12H14N2O4S. The second kappa shape index (κ2) is 6.87. The van der Waals surface area contributed by atoms with Crippen molar-refractivity contribution < 1.29 is 17.9 Å². The molecule has 0 radical (unpaired) electrons. The van der Waals surface area contributed by atoms with Gasteiger partial charge in [-0.15, -0.1) is 0 Å². The summed E-state index contributed by atoms with van der Waals surface area (Å²) in [6, 6.07) is 7.77. The fraction of sp³-hybridized carbons (Fsp3) is 0.333. The molecule has 0 heterocycles. The number of nitriles is 1. The van der Waals surface area contributed by atoms with Crippen LogP contribution in [0.3, 0.4) is 0 Å². The molecule has 1 rings (SSSR count). The number of rotatable bonds is 6. The second-order valence-electron chi connectivity index (χ2n) is 3.70. The Morgan fingerprint density at radius 3 is 2.53 bits per heavy atom. The summed E-state index contributed by atoms with van der Waals surface area (Å²) in [6.45, 7) is 0.0722. The van der Waals surface area contributed by atoms with Crippen LogP contribution in [-0.4, -0.2) is 28.0 Å². The molecule has 1 aromatic carbocycles. The molecule has 0 aliphatic rings. The van der Waals surface area contributed by atoms with Crippen molar-refractivity contribution in [2.45, 2.75) is 17.7 Å². The summed E-state index contributed by atoms with van der Waals surface area (Å²) in [5.74, 6) is -0.386. The third-order valence-corrected chi connectivity index (χ3v) is 3.82. The molecule has 0 atom stereocenters. The number of nitrogens with one attached hydrogen (secondary N) is 1. The van der Waals surface area contributed by atoms with E-state index in [9.17, 15) is 13.2 Å². The SMILES string of the molecule is COC(=O)Cc1ccc(S(=O)(=O)NCCC#N)cc1. The highest BCUT2D eigenvalue weighted by atomic mass is 32.2. The minimum Gasteiger partial charge on any atom is -0.469 e. The van der Waals surface area contributed by atoms with Crippen LogP contribution in [0.25, 0.3) is 0 Å². The predicted octanol–water partition coefficient (Wildman–Crippen LogP) is 0.594. The van der Waals surface area contributed by atoms with Gasteiger partial charge in [-0.25, -0.2) is 13.1 Å². The van der Waals surface area contributed by atoms with Gasteiger partial charge in [-0.1, -0.05) is 12.1 Å². The number of carbonyl (C=O) groups excluding carboxylic acids is 1. The van der Waals surface area contributed by atoms with Crippen LogP contribution in [-0.2, 0) is 26.0 Å². The maximum absolute atomic E-state index is 11.8. The highest BCUT2D eigenvalue weighted by molar-refractivity contribution is 7.89. The zero-order chi connectivity index (χ0) is 14.3. The van der Waals surface area contributed by atoms with Gasteiger partial charge in [0.25, 0.3) is 0 Å². The fourth-order valence-corrected chi connectivity index (χ4v) is 2.38. The lowest BCUT2D eigenvalue weighted by molar-refractivity contribution is -0.139. The molecule has 0 saturated carbocycles. The molecular weight excluding hydrogens is 268 g/mol. The summed E-state index contributed by atoms with van der Waals surface area (Å²) in [4.78, 5) is 11.2. The monoisotopic (exact) mass is 282 g/mol. The minimum absolute atomic E-state index is 0.0722. The van der Waals surface area contributed by atoms with Crippen molar-refractivity contribution in [3.63, 3.8) is 0 Å². The first-order valence-electron chi connectivity index (χ1n) is 5.52. The number of ether oxygens (including phenoxy) is 1. The van der Waals surface area contributed by atoms with Gasteiger partial charge in [0.05, 0.1) is 24.5 Å². The molecule has 102 valence electrons. The minimum atomic E-state index is -3.60. The largest absolute Gasteiger partial charge is 0.469 e. The van der Waals surface area contributed by atoms with E-state index in [2.05, 4.69) is 9.46 Å². The number of esters is 1. The average Bonchev–Trinajstić information content (AvgIpc) is 2.39. The van der Waals surface area contributed by atoms with Crippen LogP contribution in [0.2, 0.25) is 0 Å².